The number of amides is 2. The average Bonchev–Trinajstić information content (AvgIpc) is 2.35. The van der Waals surface area contributed by atoms with E-state index in [-0.39, 0.29) is 18.5 Å². The molecule has 0 fully saturated rings. The number of rotatable bonds is 5. The smallest absolute Gasteiger partial charge is 0.315 e. The van der Waals surface area contributed by atoms with Crippen molar-refractivity contribution in [1.29, 1.82) is 0 Å². The maximum Gasteiger partial charge on any atom is 0.315 e. The number of nitrogens with one attached hydrogen (secondary N) is 2. The van der Waals surface area contributed by atoms with Crippen molar-refractivity contribution in [3.05, 3.63) is 35.4 Å². The molecule has 3 N–H and O–H groups in total. The molecular weight excluding hydrogens is 294 g/mol. The third-order valence-corrected chi connectivity index (χ3v) is 3.04. The molecule has 0 bridgehead atoms. The zero-order valence-electron chi connectivity index (χ0n) is 12.7. The molecule has 0 aromatic heterocycles. The Labute approximate surface area is 127 Å². The average molecular weight is 314 g/mol. The number of hydrogen-bond acceptors (Lipinski definition) is 2. The minimum absolute atomic E-state index is 0.0378. The highest BCUT2D eigenvalue weighted by molar-refractivity contribution is 5.75. The van der Waals surface area contributed by atoms with E-state index in [0.29, 0.717) is 0 Å². The van der Waals surface area contributed by atoms with Gasteiger partial charge in [-0.3, -0.25) is 4.79 Å². The second-order valence-electron chi connectivity index (χ2n) is 6.01. The van der Waals surface area contributed by atoms with Crippen LogP contribution in [0.5, 0.6) is 0 Å². The van der Waals surface area contributed by atoms with Gasteiger partial charge in [-0.15, -0.1) is 0 Å². The Morgan fingerprint density at radius 3 is 2.41 bits per heavy atom. The molecule has 1 aromatic rings. The summed E-state index contributed by atoms with van der Waals surface area (Å²) < 4.78 is 27.0. The fourth-order valence-corrected chi connectivity index (χ4v) is 1.96. The van der Waals surface area contributed by atoms with Gasteiger partial charge in [0.2, 0.25) is 0 Å². The maximum atomic E-state index is 13.9. The van der Waals surface area contributed by atoms with Crippen LogP contribution in [0.4, 0.5) is 13.6 Å². The number of hydrogen-bond donors (Lipinski definition) is 3. The molecule has 0 saturated heterocycles. The SMILES string of the molecule is CC(C)(C)C(NC(=O)NCCC(=O)O)c1ccc(F)cc1F. The van der Waals surface area contributed by atoms with Gasteiger partial charge in [-0.05, 0) is 11.5 Å². The lowest BCUT2D eigenvalue weighted by Gasteiger charge is -2.32. The van der Waals surface area contributed by atoms with Crippen molar-refractivity contribution in [2.24, 2.45) is 5.41 Å². The molecule has 0 heterocycles. The number of carbonyl (C=O) groups is 2. The molecule has 1 rings (SSSR count). The number of benzene rings is 1. The monoisotopic (exact) mass is 314 g/mol. The van der Waals surface area contributed by atoms with Gasteiger partial charge in [0.25, 0.3) is 0 Å². The summed E-state index contributed by atoms with van der Waals surface area (Å²) >= 11 is 0. The molecule has 1 aromatic carbocycles. The van der Waals surface area contributed by atoms with Gasteiger partial charge in [0.1, 0.15) is 11.6 Å². The van der Waals surface area contributed by atoms with Gasteiger partial charge in [-0.1, -0.05) is 26.8 Å². The standard InChI is InChI=1S/C15H20F2N2O3/c1-15(2,3)13(10-5-4-9(16)8-11(10)17)19-14(22)18-7-6-12(20)21/h4-5,8,13H,6-7H2,1-3H3,(H,20,21)(H2,18,19,22). The molecule has 0 spiro atoms. The molecule has 0 aliphatic heterocycles. The van der Waals surface area contributed by atoms with Crippen molar-refractivity contribution in [3.8, 4) is 0 Å². The van der Waals surface area contributed by atoms with Crippen molar-refractivity contribution < 1.29 is 23.5 Å². The zero-order valence-corrected chi connectivity index (χ0v) is 12.7. The Bertz CT molecular complexity index is 556. The van der Waals surface area contributed by atoms with Crippen LogP contribution in [0.1, 0.15) is 38.8 Å². The molecule has 2 amide bonds. The first-order valence-corrected chi connectivity index (χ1v) is 6.82. The number of aliphatic carboxylic acids is 1. The Hall–Kier alpha value is -2.18. The van der Waals surface area contributed by atoms with Crippen LogP contribution in [-0.4, -0.2) is 23.7 Å². The number of carboxylic acid groups (broad SMARTS) is 1. The van der Waals surface area contributed by atoms with Crippen LogP contribution in [0.3, 0.4) is 0 Å². The lowest BCUT2D eigenvalue weighted by atomic mass is 9.82. The Balaban J connectivity index is 2.86. The summed E-state index contributed by atoms with van der Waals surface area (Å²) in [5.74, 6) is -2.47. The highest BCUT2D eigenvalue weighted by Gasteiger charge is 2.30. The molecule has 22 heavy (non-hydrogen) atoms. The molecule has 0 radical (unpaired) electrons. The Morgan fingerprint density at radius 2 is 1.91 bits per heavy atom. The van der Waals surface area contributed by atoms with Crippen LogP contribution in [-0.2, 0) is 4.79 Å². The minimum atomic E-state index is -1.03. The van der Waals surface area contributed by atoms with Crippen LogP contribution >= 0.6 is 0 Å². The van der Waals surface area contributed by atoms with Crippen LogP contribution in [0, 0.1) is 17.0 Å². The van der Waals surface area contributed by atoms with E-state index in [9.17, 15) is 18.4 Å². The predicted molar refractivity (Wildman–Crippen MR) is 77.3 cm³/mol. The molecule has 122 valence electrons. The van der Waals surface area contributed by atoms with Gasteiger partial charge < -0.3 is 15.7 Å². The highest BCUT2D eigenvalue weighted by Crippen LogP contribution is 2.34. The van der Waals surface area contributed by atoms with E-state index in [1.165, 1.54) is 6.07 Å². The number of carbonyl (C=O) groups excluding carboxylic acids is 1. The minimum Gasteiger partial charge on any atom is -0.481 e. The third-order valence-electron chi connectivity index (χ3n) is 3.04. The Kier molecular flexibility index (Phi) is 5.84. The second-order valence-corrected chi connectivity index (χ2v) is 6.01. The van der Waals surface area contributed by atoms with Crippen molar-refractivity contribution >= 4 is 12.0 Å². The molecule has 1 unspecified atom stereocenters. The van der Waals surface area contributed by atoms with Gasteiger partial charge in [0, 0.05) is 18.2 Å². The summed E-state index contributed by atoms with van der Waals surface area (Å²) in [6, 6.07) is 1.88. The highest BCUT2D eigenvalue weighted by atomic mass is 19.1. The third kappa shape index (κ3) is 5.31. The first-order chi connectivity index (χ1) is 10.1. The fourth-order valence-electron chi connectivity index (χ4n) is 1.96. The van der Waals surface area contributed by atoms with Crippen molar-refractivity contribution in [1.82, 2.24) is 10.6 Å². The van der Waals surface area contributed by atoms with Gasteiger partial charge in [-0.25, -0.2) is 13.6 Å². The lowest BCUT2D eigenvalue weighted by molar-refractivity contribution is -0.136. The van der Waals surface area contributed by atoms with Gasteiger partial charge in [0.15, 0.2) is 0 Å². The maximum absolute atomic E-state index is 13.9. The first-order valence-electron chi connectivity index (χ1n) is 6.82. The summed E-state index contributed by atoms with van der Waals surface area (Å²) in [4.78, 5) is 22.2. The molecule has 7 heteroatoms. The van der Waals surface area contributed by atoms with Gasteiger partial charge >= 0.3 is 12.0 Å². The van der Waals surface area contributed by atoms with Gasteiger partial charge in [0.05, 0.1) is 12.5 Å². The lowest BCUT2D eigenvalue weighted by Crippen LogP contribution is -2.43. The molecule has 0 saturated carbocycles. The number of urea groups is 1. The van der Waals surface area contributed by atoms with E-state index in [1.54, 1.807) is 20.8 Å². The quantitative estimate of drug-likeness (QED) is 0.782. The van der Waals surface area contributed by atoms with Crippen molar-refractivity contribution in [2.45, 2.75) is 33.2 Å². The van der Waals surface area contributed by atoms with Crippen molar-refractivity contribution in [3.63, 3.8) is 0 Å². The Morgan fingerprint density at radius 1 is 1.27 bits per heavy atom. The molecular formula is C15H20F2N2O3. The van der Waals surface area contributed by atoms with E-state index >= 15 is 0 Å². The molecule has 5 nitrogen and oxygen atoms in total. The van der Waals surface area contributed by atoms with E-state index in [0.717, 1.165) is 12.1 Å². The topological polar surface area (TPSA) is 78.4 Å². The van der Waals surface area contributed by atoms with Crippen LogP contribution < -0.4 is 10.6 Å². The molecule has 1 atom stereocenters. The van der Waals surface area contributed by atoms with E-state index < -0.39 is 35.1 Å². The summed E-state index contributed by atoms with van der Waals surface area (Å²) in [5.41, 5.74) is -0.356. The largest absolute Gasteiger partial charge is 0.481 e. The first kappa shape index (κ1) is 17.9. The van der Waals surface area contributed by atoms with Crippen LogP contribution in [0.2, 0.25) is 0 Å². The van der Waals surface area contributed by atoms with E-state index in [2.05, 4.69) is 10.6 Å². The summed E-state index contributed by atoms with van der Waals surface area (Å²) in [7, 11) is 0. The fraction of sp³-hybridized carbons (Fsp3) is 0.467. The second kappa shape index (κ2) is 7.20. The van der Waals surface area contributed by atoms with Crippen LogP contribution in [0.15, 0.2) is 18.2 Å². The summed E-state index contributed by atoms with van der Waals surface area (Å²) in [6.45, 7) is 5.37. The predicted octanol–water partition coefficient (Wildman–Crippen LogP) is 2.83. The number of carboxylic acids is 1. The molecule has 0 aliphatic carbocycles. The normalized spacial score (nSPS) is 12.6. The van der Waals surface area contributed by atoms with Crippen molar-refractivity contribution in [2.75, 3.05) is 6.54 Å². The van der Waals surface area contributed by atoms with E-state index in [4.69, 9.17) is 5.11 Å². The van der Waals surface area contributed by atoms with E-state index in [1.807, 2.05) is 0 Å². The molecule has 0 aliphatic rings. The zero-order chi connectivity index (χ0) is 16.9. The summed E-state index contributed by atoms with van der Waals surface area (Å²) in [5, 5.41) is 13.5. The summed E-state index contributed by atoms with van der Waals surface area (Å²) in [6.07, 6.45) is -0.210. The number of halogens is 2. The van der Waals surface area contributed by atoms with Crippen LogP contribution in [0.25, 0.3) is 0 Å². The van der Waals surface area contributed by atoms with Gasteiger partial charge in [-0.2, -0.15) is 0 Å².